The van der Waals surface area contributed by atoms with Gasteiger partial charge >= 0.3 is 0 Å². The first-order valence-corrected chi connectivity index (χ1v) is 7.87. The largest absolute Gasteiger partial charge is 0.493 e. The summed E-state index contributed by atoms with van der Waals surface area (Å²) in [6.07, 6.45) is 0.857. The van der Waals surface area contributed by atoms with E-state index in [0.29, 0.717) is 17.4 Å². The molecule has 7 heteroatoms. The third-order valence-electron chi connectivity index (χ3n) is 3.28. The number of aromatic nitrogens is 4. The first-order valence-electron chi connectivity index (χ1n) is 7.06. The van der Waals surface area contributed by atoms with Crippen molar-refractivity contribution >= 4 is 16.3 Å². The molecular formula is C15H18N4O2S. The van der Waals surface area contributed by atoms with Gasteiger partial charge in [0.2, 0.25) is 4.96 Å². The average Bonchev–Trinajstić information content (AvgIpc) is 3.08. The summed E-state index contributed by atoms with van der Waals surface area (Å²) in [6.45, 7) is 4.31. The van der Waals surface area contributed by atoms with Crippen molar-refractivity contribution in [1.82, 2.24) is 19.8 Å². The Hall–Kier alpha value is -2.15. The molecule has 0 aliphatic carbocycles. The predicted octanol–water partition coefficient (Wildman–Crippen LogP) is 3.07. The first kappa shape index (κ1) is 14.8. The summed E-state index contributed by atoms with van der Waals surface area (Å²) in [4.78, 5) is 0.806. The molecule has 0 saturated heterocycles. The third kappa shape index (κ3) is 2.64. The van der Waals surface area contributed by atoms with Gasteiger partial charge in [0.15, 0.2) is 17.3 Å². The van der Waals surface area contributed by atoms with Crippen molar-refractivity contribution in [3.05, 3.63) is 24.0 Å². The predicted molar refractivity (Wildman–Crippen MR) is 85.7 cm³/mol. The molecule has 0 atom stereocenters. The number of rotatable bonds is 5. The van der Waals surface area contributed by atoms with Gasteiger partial charge in [-0.2, -0.15) is 9.61 Å². The topological polar surface area (TPSA) is 61.5 Å². The van der Waals surface area contributed by atoms with Crippen LogP contribution in [0.2, 0.25) is 0 Å². The van der Waals surface area contributed by atoms with Crippen molar-refractivity contribution < 1.29 is 9.47 Å². The van der Waals surface area contributed by atoms with Crippen LogP contribution in [0, 0.1) is 5.92 Å². The number of methoxy groups -OCH3 is 2. The van der Waals surface area contributed by atoms with Gasteiger partial charge in [-0.15, -0.1) is 10.2 Å². The SMILES string of the molecule is COc1ccc(-c2nn3c(CC(C)C)nnc3s2)cc1OC. The fraction of sp³-hybridized carbons (Fsp3) is 0.400. The van der Waals surface area contributed by atoms with Crippen LogP contribution in [0.4, 0.5) is 0 Å². The van der Waals surface area contributed by atoms with E-state index in [4.69, 9.17) is 9.47 Å². The molecule has 0 bridgehead atoms. The van der Waals surface area contributed by atoms with Crippen LogP contribution in [0.3, 0.4) is 0 Å². The van der Waals surface area contributed by atoms with Crippen molar-refractivity contribution in [1.29, 1.82) is 0 Å². The van der Waals surface area contributed by atoms with E-state index >= 15 is 0 Å². The zero-order valence-electron chi connectivity index (χ0n) is 13.0. The minimum absolute atomic E-state index is 0.513. The number of hydrogen-bond donors (Lipinski definition) is 0. The van der Waals surface area contributed by atoms with Gasteiger partial charge in [-0.25, -0.2) is 0 Å². The van der Waals surface area contributed by atoms with Gasteiger partial charge in [-0.05, 0) is 24.1 Å². The van der Waals surface area contributed by atoms with Crippen LogP contribution in [0.15, 0.2) is 18.2 Å². The lowest BCUT2D eigenvalue weighted by Crippen LogP contribution is -2.01. The van der Waals surface area contributed by atoms with Crippen LogP contribution in [-0.4, -0.2) is 34.0 Å². The second-order valence-electron chi connectivity index (χ2n) is 5.39. The lowest BCUT2D eigenvalue weighted by atomic mass is 10.1. The molecule has 1 aromatic carbocycles. The molecule has 0 N–H and O–H groups in total. The molecule has 3 rings (SSSR count). The molecule has 0 unspecified atom stereocenters. The van der Waals surface area contributed by atoms with Gasteiger partial charge < -0.3 is 9.47 Å². The maximum atomic E-state index is 5.35. The maximum absolute atomic E-state index is 5.35. The summed E-state index contributed by atoms with van der Waals surface area (Å²) in [5, 5.41) is 13.9. The van der Waals surface area contributed by atoms with Gasteiger partial charge in [0, 0.05) is 12.0 Å². The number of fused-ring (bicyclic) bond motifs is 1. The highest BCUT2D eigenvalue weighted by Gasteiger charge is 2.15. The number of hydrogen-bond acceptors (Lipinski definition) is 6. The van der Waals surface area contributed by atoms with Crippen LogP contribution in [0.5, 0.6) is 11.5 Å². The Morgan fingerprint density at radius 2 is 1.91 bits per heavy atom. The Labute approximate surface area is 132 Å². The lowest BCUT2D eigenvalue weighted by molar-refractivity contribution is 0.355. The maximum Gasteiger partial charge on any atom is 0.234 e. The molecule has 0 fully saturated rings. The van der Waals surface area contributed by atoms with Gasteiger partial charge in [0.1, 0.15) is 5.01 Å². The first-order chi connectivity index (χ1) is 10.6. The molecule has 0 spiro atoms. The van der Waals surface area contributed by atoms with Gasteiger partial charge in [-0.1, -0.05) is 25.2 Å². The molecule has 22 heavy (non-hydrogen) atoms. The fourth-order valence-electron chi connectivity index (χ4n) is 2.24. The van der Waals surface area contributed by atoms with Crippen LogP contribution in [0.25, 0.3) is 15.5 Å². The Morgan fingerprint density at radius 3 is 2.59 bits per heavy atom. The lowest BCUT2D eigenvalue weighted by Gasteiger charge is -2.07. The highest BCUT2D eigenvalue weighted by molar-refractivity contribution is 7.19. The zero-order valence-corrected chi connectivity index (χ0v) is 13.8. The summed E-state index contributed by atoms with van der Waals surface area (Å²) >= 11 is 1.51. The second-order valence-corrected chi connectivity index (χ2v) is 6.34. The average molecular weight is 318 g/mol. The van der Waals surface area contributed by atoms with Crippen molar-refractivity contribution in [2.45, 2.75) is 20.3 Å². The van der Waals surface area contributed by atoms with Crippen molar-refractivity contribution in [3.8, 4) is 22.1 Å². The van der Waals surface area contributed by atoms with E-state index in [0.717, 1.165) is 27.8 Å². The van der Waals surface area contributed by atoms with E-state index in [1.807, 2.05) is 22.7 Å². The monoisotopic (exact) mass is 318 g/mol. The minimum Gasteiger partial charge on any atom is -0.493 e. The summed E-state index contributed by atoms with van der Waals surface area (Å²) in [5.41, 5.74) is 0.976. The molecule has 0 radical (unpaired) electrons. The highest BCUT2D eigenvalue weighted by Crippen LogP contribution is 2.34. The molecule has 6 nitrogen and oxygen atoms in total. The summed E-state index contributed by atoms with van der Waals surface area (Å²) < 4.78 is 12.4. The second kappa shape index (κ2) is 5.92. The highest BCUT2D eigenvalue weighted by atomic mass is 32.1. The van der Waals surface area contributed by atoms with Crippen LogP contribution >= 0.6 is 11.3 Å². The third-order valence-corrected chi connectivity index (χ3v) is 4.22. The molecule has 0 aliphatic rings. The van der Waals surface area contributed by atoms with Gasteiger partial charge in [0.25, 0.3) is 0 Å². The summed E-state index contributed by atoms with van der Waals surface area (Å²) in [5.74, 6) is 2.80. The minimum atomic E-state index is 0.513. The standard InChI is InChI=1S/C15H18N4O2S/c1-9(2)7-13-16-17-15-19(13)18-14(22-15)10-5-6-11(20-3)12(8-10)21-4/h5-6,8-9H,7H2,1-4H3. The number of nitrogens with zero attached hydrogens (tertiary/aromatic N) is 4. The Kier molecular flexibility index (Phi) is 3.98. The Balaban J connectivity index is 2.01. The number of ether oxygens (including phenoxy) is 2. The van der Waals surface area contributed by atoms with Crippen LogP contribution in [-0.2, 0) is 6.42 Å². The van der Waals surface area contributed by atoms with Gasteiger partial charge in [-0.3, -0.25) is 0 Å². The van der Waals surface area contributed by atoms with E-state index in [9.17, 15) is 0 Å². The van der Waals surface area contributed by atoms with Crippen LogP contribution < -0.4 is 9.47 Å². The molecule has 3 aromatic rings. The van der Waals surface area contributed by atoms with E-state index in [2.05, 4.69) is 29.1 Å². The van der Waals surface area contributed by atoms with Crippen molar-refractivity contribution in [2.75, 3.05) is 14.2 Å². The Bertz CT molecular complexity index is 794. The molecule has 116 valence electrons. The smallest absolute Gasteiger partial charge is 0.234 e. The van der Waals surface area contributed by atoms with Gasteiger partial charge in [0.05, 0.1) is 14.2 Å². The summed E-state index contributed by atoms with van der Waals surface area (Å²) in [7, 11) is 3.25. The van der Waals surface area contributed by atoms with Crippen molar-refractivity contribution in [2.24, 2.45) is 5.92 Å². The Morgan fingerprint density at radius 1 is 1.14 bits per heavy atom. The molecule has 2 aromatic heterocycles. The molecule has 0 aliphatic heterocycles. The zero-order chi connectivity index (χ0) is 15.7. The van der Waals surface area contributed by atoms with E-state index in [-0.39, 0.29) is 0 Å². The molecular weight excluding hydrogens is 300 g/mol. The van der Waals surface area contributed by atoms with E-state index in [1.54, 1.807) is 14.2 Å². The normalized spacial score (nSPS) is 11.3. The van der Waals surface area contributed by atoms with Crippen LogP contribution in [0.1, 0.15) is 19.7 Å². The van der Waals surface area contributed by atoms with E-state index < -0.39 is 0 Å². The number of benzene rings is 1. The van der Waals surface area contributed by atoms with Crippen molar-refractivity contribution in [3.63, 3.8) is 0 Å². The molecule has 0 saturated carbocycles. The van der Waals surface area contributed by atoms with E-state index in [1.165, 1.54) is 11.3 Å². The summed E-state index contributed by atoms with van der Waals surface area (Å²) in [6, 6.07) is 5.77. The molecule has 2 heterocycles. The fourth-order valence-corrected chi connectivity index (χ4v) is 3.09. The molecule has 0 amide bonds. The quantitative estimate of drug-likeness (QED) is 0.723.